The van der Waals surface area contributed by atoms with E-state index in [1.165, 1.54) is 0 Å². The molecule has 1 aliphatic rings. The number of unbranched alkanes of at least 4 members (excludes halogenated alkanes) is 1. The van der Waals surface area contributed by atoms with Crippen molar-refractivity contribution in [2.24, 2.45) is 5.41 Å². The molecular weight excluding hydrogens is 356 g/mol. The summed E-state index contributed by atoms with van der Waals surface area (Å²) in [7, 11) is 2.01. The number of rotatable bonds is 10. The van der Waals surface area contributed by atoms with Crippen LogP contribution in [-0.2, 0) is 9.53 Å². The van der Waals surface area contributed by atoms with Gasteiger partial charge in [-0.05, 0) is 44.6 Å². The number of nitrogens with one attached hydrogen (secondary N) is 2. The van der Waals surface area contributed by atoms with Crippen molar-refractivity contribution in [1.29, 1.82) is 5.26 Å². The van der Waals surface area contributed by atoms with Crippen molar-refractivity contribution < 1.29 is 14.3 Å². The van der Waals surface area contributed by atoms with Gasteiger partial charge in [-0.15, -0.1) is 0 Å². The highest BCUT2D eigenvalue weighted by Crippen LogP contribution is 2.27. The van der Waals surface area contributed by atoms with Crippen LogP contribution in [0, 0.1) is 16.7 Å². The topological polar surface area (TPSA) is 94.5 Å². The molecule has 0 bridgehead atoms. The summed E-state index contributed by atoms with van der Waals surface area (Å²) in [5.74, 6) is -0.301. The Labute approximate surface area is 170 Å². The standard InChI is InChI=1S/C21H38N4O3/c1-6-8-15-28-19(27)23-17(9-10-20(3,4)7-2)18(26)24-21(16-22)11-13-25(5)14-12-21/h17H,6-15H2,1-5H3,(H,23,27)(H,24,26)/t17-/m0/s1. The van der Waals surface area contributed by atoms with E-state index in [2.05, 4.69) is 42.4 Å². The average Bonchev–Trinajstić information content (AvgIpc) is 2.67. The van der Waals surface area contributed by atoms with E-state index in [0.29, 0.717) is 25.9 Å². The third-order valence-corrected chi connectivity index (χ3v) is 5.82. The van der Waals surface area contributed by atoms with Gasteiger partial charge >= 0.3 is 6.09 Å². The van der Waals surface area contributed by atoms with Crippen LogP contribution in [0.5, 0.6) is 0 Å². The number of amides is 2. The molecule has 7 nitrogen and oxygen atoms in total. The highest BCUT2D eigenvalue weighted by molar-refractivity contribution is 5.86. The van der Waals surface area contributed by atoms with E-state index in [1.54, 1.807) is 0 Å². The third kappa shape index (κ3) is 8.05. The van der Waals surface area contributed by atoms with E-state index in [-0.39, 0.29) is 11.3 Å². The fourth-order valence-electron chi connectivity index (χ4n) is 3.06. The Hall–Kier alpha value is -1.81. The van der Waals surface area contributed by atoms with Crippen LogP contribution in [0.1, 0.15) is 72.6 Å². The molecule has 0 aromatic heterocycles. The molecule has 0 aromatic rings. The van der Waals surface area contributed by atoms with Crippen LogP contribution in [0.4, 0.5) is 4.79 Å². The van der Waals surface area contributed by atoms with E-state index < -0.39 is 17.7 Å². The SMILES string of the molecule is CCCCOC(=O)N[C@@H](CCC(C)(C)CC)C(=O)NC1(C#N)CCN(C)CC1. The van der Waals surface area contributed by atoms with Gasteiger partial charge in [0.1, 0.15) is 11.6 Å². The Morgan fingerprint density at radius 1 is 1.29 bits per heavy atom. The maximum atomic E-state index is 13.0. The van der Waals surface area contributed by atoms with Crippen molar-refractivity contribution in [1.82, 2.24) is 15.5 Å². The Bertz CT molecular complexity index is 548. The van der Waals surface area contributed by atoms with Crippen molar-refractivity contribution in [3.05, 3.63) is 0 Å². The number of alkyl carbamates (subject to hydrolysis) is 1. The fraction of sp³-hybridized carbons (Fsp3) is 0.857. The monoisotopic (exact) mass is 394 g/mol. The molecule has 160 valence electrons. The highest BCUT2D eigenvalue weighted by atomic mass is 16.5. The predicted octanol–water partition coefficient (Wildman–Crippen LogP) is 3.20. The average molecular weight is 395 g/mol. The zero-order valence-corrected chi connectivity index (χ0v) is 18.3. The molecule has 7 heteroatoms. The van der Waals surface area contributed by atoms with E-state index in [4.69, 9.17) is 4.74 Å². The zero-order valence-electron chi connectivity index (χ0n) is 18.3. The quantitative estimate of drug-likeness (QED) is 0.555. The molecule has 0 radical (unpaired) electrons. The van der Waals surface area contributed by atoms with Gasteiger partial charge in [0.2, 0.25) is 5.91 Å². The van der Waals surface area contributed by atoms with Crippen LogP contribution in [0.2, 0.25) is 0 Å². The normalized spacial score (nSPS) is 18.0. The van der Waals surface area contributed by atoms with Gasteiger partial charge in [0, 0.05) is 13.1 Å². The summed E-state index contributed by atoms with van der Waals surface area (Å²) in [6, 6.07) is 1.60. The minimum atomic E-state index is -0.865. The summed E-state index contributed by atoms with van der Waals surface area (Å²) in [5.41, 5.74) is -0.789. The van der Waals surface area contributed by atoms with Crippen molar-refractivity contribution in [2.45, 2.75) is 84.2 Å². The molecule has 1 saturated heterocycles. The molecule has 1 rings (SSSR count). The number of piperidine rings is 1. The number of likely N-dealkylation sites (tertiary alicyclic amines) is 1. The first kappa shape index (κ1) is 24.2. The van der Waals surface area contributed by atoms with Gasteiger partial charge in [0.05, 0.1) is 12.7 Å². The Balaban J connectivity index is 2.79. The molecule has 2 amide bonds. The van der Waals surface area contributed by atoms with Crippen LogP contribution < -0.4 is 10.6 Å². The Morgan fingerprint density at radius 2 is 1.93 bits per heavy atom. The minimum Gasteiger partial charge on any atom is -0.450 e. The molecule has 1 fully saturated rings. The lowest BCUT2D eigenvalue weighted by Crippen LogP contribution is -2.58. The summed E-state index contributed by atoms with van der Waals surface area (Å²) in [6.45, 7) is 10.3. The molecule has 2 N–H and O–H groups in total. The van der Waals surface area contributed by atoms with Crippen LogP contribution in [0.3, 0.4) is 0 Å². The first-order valence-electron chi connectivity index (χ1n) is 10.5. The van der Waals surface area contributed by atoms with Crippen molar-refractivity contribution in [3.8, 4) is 6.07 Å². The smallest absolute Gasteiger partial charge is 0.407 e. The van der Waals surface area contributed by atoms with E-state index >= 15 is 0 Å². The molecule has 0 saturated carbocycles. The second-order valence-corrected chi connectivity index (χ2v) is 8.73. The molecule has 1 atom stereocenters. The summed E-state index contributed by atoms with van der Waals surface area (Å²) in [5, 5.41) is 15.3. The first-order chi connectivity index (χ1) is 13.2. The summed E-state index contributed by atoms with van der Waals surface area (Å²) in [6.07, 6.45) is 4.60. The van der Waals surface area contributed by atoms with Crippen LogP contribution >= 0.6 is 0 Å². The number of hydrogen-bond donors (Lipinski definition) is 2. The van der Waals surface area contributed by atoms with Gasteiger partial charge < -0.3 is 20.3 Å². The number of hydrogen-bond acceptors (Lipinski definition) is 5. The van der Waals surface area contributed by atoms with Gasteiger partial charge in [0.15, 0.2) is 0 Å². The predicted molar refractivity (Wildman–Crippen MR) is 110 cm³/mol. The molecule has 1 aliphatic heterocycles. The van der Waals surface area contributed by atoms with Gasteiger partial charge in [-0.25, -0.2) is 4.79 Å². The lowest BCUT2D eigenvalue weighted by Gasteiger charge is -2.37. The lowest BCUT2D eigenvalue weighted by atomic mass is 9.83. The van der Waals surface area contributed by atoms with Gasteiger partial charge in [0.25, 0.3) is 0 Å². The number of nitrogens with zero attached hydrogens (tertiary/aromatic N) is 2. The second-order valence-electron chi connectivity index (χ2n) is 8.73. The first-order valence-corrected chi connectivity index (χ1v) is 10.5. The summed E-state index contributed by atoms with van der Waals surface area (Å²) >= 11 is 0. The maximum absolute atomic E-state index is 13.0. The third-order valence-electron chi connectivity index (χ3n) is 5.82. The molecule has 0 unspecified atom stereocenters. The molecule has 0 aliphatic carbocycles. The minimum absolute atomic E-state index is 0.0762. The van der Waals surface area contributed by atoms with Crippen molar-refractivity contribution >= 4 is 12.0 Å². The zero-order chi connectivity index (χ0) is 21.2. The Kier molecular flexibility index (Phi) is 9.74. The van der Waals surface area contributed by atoms with Crippen LogP contribution in [0.15, 0.2) is 0 Å². The fourth-order valence-corrected chi connectivity index (χ4v) is 3.06. The second kappa shape index (κ2) is 11.3. The number of carbonyl (C=O) groups is 2. The molecule has 0 spiro atoms. The number of carbonyl (C=O) groups excluding carboxylic acids is 2. The molecule has 0 aromatic carbocycles. The Morgan fingerprint density at radius 3 is 2.46 bits per heavy atom. The van der Waals surface area contributed by atoms with Gasteiger partial charge in [-0.3, -0.25) is 4.79 Å². The molecule has 28 heavy (non-hydrogen) atoms. The van der Waals surface area contributed by atoms with E-state index in [1.807, 2.05) is 14.0 Å². The van der Waals surface area contributed by atoms with Gasteiger partial charge in [-0.2, -0.15) is 5.26 Å². The number of ether oxygens (including phenoxy) is 1. The van der Waals surface area contributed by atoms with Crippen molar-refractivity contribution in [3.63, 3.8) is 0 Å². The van der Waals surface area contributed by atoms with Gasteiger partial charge in [-0.1, -0.05) is 40.5 Å². The summed E-state index contributed by atoms with van der Waals surface area (Å²) in [4.78, 5) is 27.3. The lowest BCUT2D eigenvalue weighted by molar-refractivity contribution is -0.125. The molecular formula is C21H38N4O3. The van der Waals surface area contributed by atoms with Crippen LogP contribution in [0.25, 0.3) is 0 Å². The van der Waals surface area contributed by atoms with Crippen molar-refractivity contribution in [2.75, 3.05) is 26.7 Å². The van der Waals surface area contributed by atoms with E-state index in [9.17, 15) is 14.9 Å². The maximum Gasteiger partial charge on any atom is 0.407 e. The highest BCUT2D eigenvalue weighted by Gasteiger charge is 2.37. The summed E-state index contributed by atoms with van der Waals surface area (Å²) < 4.78 is 5.18. The van der Waals surface area contributed by atoms with Crippen LogP contribution in [-0.4, -0.2) is 55.2 Å². The largest absolute Gasteiger partial charge is 0.450 e. The number of nitriles is 1. The molecule has 1 heterocycles. The van der Waals surface area contributed by atoms with E-state index in [0.717, 1.165) is 38.8 Å².